The Bertz CT molecular complexity index is 642. The Kier molecular flexibility index (Phi) is 3.01. The molecular weight excluding hydrogens is 254 g/mol. The number of nitrogens with one attached hydrogen (secondary N) is 1. The molecule has 20 heavy (non-hydrogen) atoms. The molecule has 0 bridgehead atoms. The largest absolute Gasteiger partial charge is 0.388 e. The minimum Gasteiger partial charge on any atom is -0.388 e. The number of rotatable bonds is 2. The maximum atomic E-state index is 12.7. The number of carbonyl (C=O) groups is 1. The van der Waals surface area contributed by atoms with E-state index >= 15 is 0 Å². The predicted molar refractivity (Wildman–Crippen MR) is 76.5 cm³/mol. The fourth-order valence-corrected chi connectivity index (χ4v) is 3.01. The Morgan fingerprint density at radius 2 is 2.20 bits per heavy atom. The number of likely N-dealkylation sites (tertiary alicyclic amines) is 1. The fourth-order valence-electron chi connectivity index (χ4n) is 3.01. The number of H-pyrrole nitrogens is 1. The summed E-state index contributed by atoms with van der Waals surface area (Å²) in [6.45, 7) is 4.19. The number of fused-ring (bicyclic) bond motifs is 1. The third-order valence-corrected chi connectivity index (χ3v) is 4.00. The van der Waals surface area contributed by atoms with Crippen LogP contribution >= 0.6 is 0 Å². The second-order valence-electron chi connectivity index (χ2n) is 5.93. The van der Waals surface area contributed by atoms with Crippen molar-refractivity contribution in [2.75, 3.05) is 6.54 Å². The molecular formula is C15H19N3O2. The van der Waals surface area contributed by atoms with Gasteiger partial charge in [-0.1, -0.05) is 18.2 Å². The molecule has 0 aliphatic carbocycles. The van der Waals surface area contributed by atoms with Gasteiger partial charge in [0.25, 0.3) is 5.91 Å². The molecule has 1 aromatic heterocycles. The van der Waals surface area contributed by atoms with Crippen LogP contribution in [0.2, 0.25) is 0 Å². The van der Waals surface area contributed by atoms with Crippen molar-refractivity contribution in [1.82, 2.24) is 15.1 Å². The van der Waals surface area contributed by atoms with Gasteiger partial charge >= 0.3 is 0 Å². The average molecular weight is 273 g/mol. The SMILES string of the molecule is CC(C)(O)[C@H]1CCCN1C(=O)c1n[nH]c2ccccc12. The molecule has 1 aromatic carbocycles. The maximum Gasteiger partial charge on any atom is 0.275 e. The zero-order valence-corrected chi connectivity index (χ0v) is 11.8. The highest BCUT2D eigenvalue weighted by molar-refractivity contribution is 6.04. The first kappa shape index (κ1) is 13.1. The fraction of sp³-hybridized carbons (Fsp3) is 0.467. The minimum absolute atomic E-state index is 0.105. The van der Waals surface area contributed by atoms with Crippen LogP contribution < -0.4 is 0 Å². The molecule has 5 nitrogen and oxygen atoms in total. The standard InChI is InChI=1S/C15H19N3O2/c1-15(2,20)12-8-5-9-18(12)14(19)13-10-6-3-4-7-11(10)16-17-13/h3-4,6-7,12,20H,5,8-9H2,1-2H3,(H,16,17)/t12-/m1/s1. The quantitative estimate of drug-likeness (QED) is 0.878. The molecule has 106 valence electrons. The highest BCUT2D eigenvalue weighted by atomic mass is 16.3. The van der Waals surface area contributed by atoms with Gasteiger partial charge in [-0.25, -0.2) is 0 Å². The summed E-state index contributed by atoms with van der Waals surface area (Å²) >= 11 is 0. The summed E-state index contributed by atoms with van der Waals surface area (Å²) < 4.78 is 0. The van der Waals surface area contributed by atoms with Crippen molar-refractivity contribution < 1.29 is 9.90 Å². The van der Waals surface area contributed by atoms with Gasteiger partial charge in [0.1, 0.15) is 0 Å². The van der Waals surface area contributed by atoms with Crippen LogP contribution in [0.25, 0.3) is 10.9 Å². The van der Waals surface area contributed by atoms with E-state index < -0.39 is 5.60 Å². The van der Waals surface area contributed by atoms with E-state index in [1.165, 1.54) is 0 Å². The van der Waals surface area contributed by atoms with Gasteiger partial charge in [-0.3, -0.25) is 9.89 Å². The molecule has 0 unspecified atom stereocenters. The molecule has 2 aromatic rings. The number of carbonyl (C=O) groups excluding carboxylic acids is 1. The molecule has 5 heteroatoms. The number of aromatic amines is 1. The molecule has 2 N–H and O–H groups in total. The summed E-state index contributed by atoms with van der Waals surface area (Å²) in [4.78, 5) is 14.5. The molecule has 0 spiro atoms. The summed E-state index contributed by atoms with van der Waals surface area (Å²) in [5.41, 5.74) is 0.407. The lowest BCUT2D eigenvalue weighted by Crippen LogP contribution is -2.48. The Morgan fingerprint density at radius 1 is 1.45 bits per heavy atom. The summed E-state index contributed by atoms with van der Waals surface area (Å²) in [6, 6.07) is 7.44. The molecule has 1 saturated heterocycles. The molecule has 0 radical (unpaired) electrons. The van der Waals surface area contributed by atoms with Gasteiger partial charge in [-0.05, 0) is 32.8 Å². The van der Waals surface area contributed by atoms with Gasteiger partial charge in [-0.15, -0.1) is 0 Å². The second-order valence-corrected chi connectivity index (χ2v) is 5.93. The highest BCUT2D eigenvalue weighted by Gasteiger charge is 2.39. The summed E-state index contributed by atoms with van der Waals surface area (Å²) in [5.74, 6) is -0.105. The lowest BCUT2D eigenvalue weighted by atomic mass is 9.96. The van der Waals surface area contributed by atoms with Crippen LogP contribution in [0.15, 0.2) is 24.3 Å². The predicted octanol–water partition coefficient (Wildman–Crippen LogP) is 1.94. The van der Waals surface area contributed by atoms with E-state index in [-0.39, 0.29) is 11.9 Å². The summed E-state index contributed by atoms with van der Waals surface area (Å²) in [6.07, 6.45) is 1.75. The summed E-state index contributed by atoms with van der Waals surface area (Å²) in [5, 5.41) is 18.1. The van der Waals surface area contributed by atoms with Crippen LogP contribution in [-0.4, -0.2) is 44.3 Å². The lowest BCUT2D eigenvalue weighted by molar-refractivity contribution is 0.000187. The average Bonchev–Trinajstić information content (AvgIpc) is 3.04. The molecule has 1 fully saturated rings. The number of hydrogen-bond donors (Lipinski definition) is 2. The van der Waals surface area contributed by atoms with Crippen molar-refractivity contribution >= 4 is 16.8 Å². The number of aromatic nitrogens is 2. The third-order valence-electron chi connectivity index (χ3n) is 4.00. The van der Waals surface area contributed by atoms with Gasteiger partial charge in [0.2, 0.25) is 0 Å². The topological polar surface area (TPSA) is 69.2 Å². The van der Waals surface area contributed by atoms with Gasteiger partial charge in [0.15, 0.2) is 5.69 Å². The van der Waals surface area contributed by atoms with Crippen molar-refractivity contribution in [1.29, 1.82) is 0 Å². The van der Waals surface area contributed by atoms with Gasteiger partial charge < -0.3 is 10.0 Å². The van der Waals surface area contributed by atoms with Crippen LogP contribution in [0.5, 0.6) is 0 Å². The van der Waals surface area contributed by atoms with Gasteiger partial charge in [0, 0.05) is 11.9 Å². The first-order chi connectivity index (χ1) is 9.48. The van der Waals surface area contributed by atoms with Crippen molar-refractivity contribution in [2.24, 2.45) is 0 Å². The summed E-state index contributed by atoms with van der Waals surface area (Å²) in [7, 11) is 0. The monoisotopic (exact) mass is 273 g/mol. The Labute approximate surface area is 117 Å². The van der Waals surface area contributed by atoms with Gasteiger partial charge in [0.05, 0.1) is 17.2 Å². The first-order valence-electron chi connectivity index (χ1n) is 6.95. The molecule has 1 atom stereocenters. The van der Waals surface area contributed by atoms with Crippen LogP contribution in [0.1, 0.15) is 37.2 Å². The second kappa shape index (κ2) is 4.59. The van der Waals surface area contributed by atoms with Crippen molar-refractivity contribution in [3.05, 3.63) is 30.0 Å². The Hall–Kier alpha value is -1.88. The van der Waals surface area contributed by atoms with Crippen LogP contribution in [0, 0.1) is 0 Å². The van der Waals surface area contributed by atoms with Crippen molar-refractivity contribution in [3.63, 3.8) is 0 Å². The van der Waals surface area contributed by atoms with Crippen molar-refractivity contribution in [2.45, 2.75) is 38.3 Å². The van der Waals surface area contributed by atoms with E-state index in [1.54, 1.807) is 18.7 Å². The smallest absolute Gasteiger partial charge is 0.275 e. The van der Waals surface area contributed by atoms with E-state index in [9.17, 15) is 9.90 Å². The number of para-hydroxylation sites is 1. The van der Waals surface area contributed by atoms with Crippen LogP contribution in [-0.2, 0) is 0 Å². The van der Waals surface area contributed by atoms with E-state index in [0.717, 1.165) is 23.7 Å². The van der Waals surface area contributed by atoms with E-state index in [4.69, 9.17) is 0 Å². The zero-order valence-electron chi connectivity index (χ0n) is 11.8. The van der Waals surface area contributed by atoms with E-state index in [2.05, 4.69) is 10.2 Å². The van der Waals surface area contributed by atoms with Gasteiger partial charge in [-0.2, -0.15) is 5.10 Å². The zero-order chi connectivity index (χ0) is 14.3. The number of hydrogen-bond acceptors (Lipinski definition) is 3. The maximum absolute atomic E-state index is 12.7. The van der Waals surface area contributed by atoms with E-state index in [1.807, 2.05) is 24.3 Å². The number of amides is 1. The Morgan fingerprint density at radius 3 is 2.95 bits per heavy atom. The molecule has 1 aliphatic rings. The molecule has 0 saturated carbocycles. The normalized spacial score (nSPS) is 19.8. The van der Waals surface area contributed by atoms with Crippen LogP contribution in [0.4, 0.5) is 0 Å². The highest BCUT2D eigenvalue weighted by Crippen LogP contribution is 2.29. The number of aliphatic hydroxyl groups is 1. The lowest BCUT2D eigenvalue weighted by Gasteiger charge is -2.33. The van der Waals surface area contributed by atoms with Crippen LogP contribution in [0.3, 0.4) is 0 Å². The van der Waals surface area contributed by atoms with Crippen molar-refractivity contribution in [3.8, 4) is 0 Å². The number of benzene rings is 1. The molecule has 3 rings (SSSR count). The van der Waals surface area contributed by atoms with E-state index in [0.29, 0.717) is 12.2 Å². The first-order valence-corrected chi connectivity index (χ1v) is 6.95. The minimum atomic E-state index is -0.891. The molecule has 1 aliphatic heterocycles. The third kappa shape index (κ3) is 2.08. The molecule has 2 heterocycles. The Balaban J connectivity index is 1.96. The molecule has 1 amide bonds. The number of nitrogens with zero attached hydrogens (tertiary/aromatic N) is 2.